The molecule has 0 saturated carbocycles. The van der Waals surface area contributed by atoms with Crippen LogP contribution < -0.4 is 11.5 Å². The monoisotopic (exact) mass is 263 g/mol. The molecular formula is C15H13N5. The number of benzene rings is 2. The number of aromatic nitrogens is 3. The van der Waals surface area contributed by atoms with Crippen LogP contribution in [0.3, 0.4) is 0 Å². The fourth-order valence-corrected chi connectivity index (χ4v) is 2.00. The van der Waals surface area contributed by atoms with Crippen molar-refractivity contribution in [1.29, 1.82) is 0 Å². The van der Waals surface area contributed by atoms with Gasteiger partial charge in [-0.05, 0) is 35.0 Å². The lowest BCUT2D eigenvalue weighted by Crippen LogP contribution is -1.95. The summed E-state index contributed by atoms with van der Waals surface area (Å²) in [6.07, 6.45) is 1.70. The van der Waals surface area contributed by atoms with E-state index in [4.69, 9.17) is 11.5 Å². The first-order valence-corrected chi connectivity index (χ1v) is 6.14. The molecule has 5 heteroatoms. The van der Waals surface area contributed by atoms with Crippen molar-refractivity contribution in [2.45, 2.75) is 0 Å². The molecule has 0 spiro atoms. The highest BCUT2D eigenvalue weighted by Crippen LogP contribution is 2.29. The molecule has 5 nitrogen and oxygen atoms in total. The van der Waals surface area contributed by atoms with Gasteiger partial charge in [0.2, 0.25) is 0 Å². The van der Waals surface area contributed by atoms with Crippen LogP contribution in [0, 0.1) is 0 Å². The second-order valence-electron chi connectivity index (χ2n) is 4.44. The van der Waals surface area contributed by atoms with Crippen LogP contribution in [0.4, 0.5) is 11.4 Å². The summed E-state index contributed by atoms with van der Waals surface area (Å²) in [5, 5.41) is 11.7. The van der Waals surface area contributed by atoms with E-state index < -0.39 is 0 Å². The summed E-state index contributed by atoms with van der Waals surface area (Å²) in [7, 11) is 0. The Morgan fingerprint density at radius 1 is 0.700 bits per heavy atom. The maximum Gasteiger partial charge on any atom is 0.104 e. The van der Waals surface area contributed by atoms with E-state index >= 15 is 0 Å². The van der Waals surface area contributed by atoms with Gasteiger partial charge in [-0.2, -0.15) is 0 Å². The number of hydrogen-bond donors (Lipinski definition) is 2. The maximum absolute atomic E-state index is 5.71. The van der Waals surface area contributed by atoms with E-state index in [1.54, 1.807) is 6.20 Å². The van der Waals surface area contributed by atoms with E-state index in [1.165, 1.54) is 0 Å². The van der Waals surface area contributed by atoms with E-state index in [0.29, 0.717) is 5.69 Å². The minimum absolute atomic E-state index is 0.713. The second kappa shape index (κ2) is 4.97. The van der Waals surface area contributed by atoms with Gasteiger partial charge in [0.25, 0.3) is 0 Å². The third kappa shape index (κ3) is 2.29. The smallest absolute Gasteiger partial charge is 0.104 e. The number of anilines is 2. The Balaban J connectivity index is 2.13. The van der Waals surface area contributed by atoms with Crippen molar-refractivity contribution in [3.05, 3.63) is 54.7 Å². The Bertz CT molecular complexity index is 656. The maximum atomic E-state index is 5.71. The largest absolute Gasteiger partial charge is 0.399 e. The predicted octanol–water partition coefficient (Wildman–Crippen LogP) is 2.37. The summed E-state index contributed by atoms with van der Waals surface area (Å²) in [4.78, 5) is 0. The van der Waals surface area contributed by atoms with Crippen LogP contribution in [-0.4, -0.2) is 15.4 Å². The third-order valence-corrected chi connectivity index (χ3v) is 3.04. The Labute approximate surface area is 116 Å². The molecule has 3 rings (SSSR count). The number of rotatable bonds is 2. The Morgan fingerprint density at radius 3 is 1.85 bits per heavy atom. The van der Waals surface area contributed by atoms with Crippen LogP contribution in [0.25, 0.3) is 22.4 Å². The van der Waals surface area contributed by atoms with Gasteiger partial charge >= 0.3 is 0 Å². The van der Waals surface area contributed by atoms with Gasteiger partial charge in [-0.25, -0.2) is 0 Å². The summed E-state index contributed by atoms with van der Waals surface area (Å²) in [6, 6.07) is 15.1. The fourth-order valence-electron chi connectivity index (χ4n) is 2.00. The Morgan fingerprint density at radius 2 is 1.25 bits per heavy atom. The van der Waals surface area contributed by atoms with E-state index in [2.05, 4.69) is 15.4 Å². The molecule has 0 amide bonds. The SMILES string of the molecule is Nc1ccc(-c2cnnnc2-c2ccc(N)cc2)cc1. The predicted molar refractivity (Wildman–Crippen MR) is 79.5 cm³/mol. The van der Waals surface area contributed by atoms with Gasteiger partial charge in [0.15, 0.2) is 0 Å². The molecule has 1 aromatic heterocycles. The molecule has 0 aliphatic heterocycles. The summed E-state index contributed by atoms with van der Waals surface area (Å²) < 4.78 is 0. The summed E-state index contributed by atoms with van der Waals surface area (Å²) in [6.45, 7) is 0. The standard InChI is InChI=1S/C15H13N5/c16-12-5-1-10(2-6-12)14-9-18-20-19-15(14)11-3-7-13(17)8-4-11/h1-9H,16-17H2. The lowest BCUT2D eigenvalue weighted by molar-refractivity contribution is 0.873. The van der Waals surface area contributed by atoms with Crippen molar-refractivity contribution >= 4 is 11.4 Å². The van der Waals surface area contributed by atoms with Crippen LogP contribution in [0.2, 0.25) is 0 Å². The highest BCUT2D eigenvalue weighted by Gasteiger charge is 2.09. The quantitative estimate of drug-likeness (QED) is 0.693. The fraction of sp³-hybridized carbons (Fsp3) is 0. The number of nitrogens with zero attached hydrogens (tertiary/aromatic N) is 3. The summed E-state index contributed by atoms with van der Waals surface area (Å²) in [5.74, 6) is 0. The van der Waals surface area contributed by atoms with E-state index in [-0.39, 0.29) is 0 Å². The van der Waals surface area contributed by atoms with Crippen LogP contribution in [0.15, 0.2) is 54.7 Å². The molecule has 0 radical (unpaired) electrons. The zero-order chi connectivity index (χ0) is 13.9. The van der Waals surface area contributed by atoms with E-state index in [0.717, 1.165) is 28.1 Å². The number of nitrogens with two attached hydrogens (primary N) is 2. The molecule has 0 aliphatic carbocycles. The van der Waals surface area contributed by atoms with Crippen molar-refractivity contribution in [2.75, 3.05) is 11.5 Å². The zero-order valence-corrected chi connectivity index (χ0v) is 10.7. The topological polar surface area (TPSA) is 90.7 Å². The van der Waals surface area contributed by atoms with Gasteiger partial charge in [0.1, 0.15) is 5.69 Å². The minimum atomic E-state index is 0.713. The average Bonchev–Trinajstić information content (AvgIpc) is 2.49. The van der Waals surface area contributed by atoms with Crippen LogP contribution in [0.5, 0.6) is 0 Å². The van der Waals surface area contributed by atoms with Crippen molar-refractivity contribution in [3.63, 3.8) is 0 Å². The Kier molecular flexibility index (Phi) is 3.01. The molecule has 2 aromatic carbocycles. The van der Waals surface area contributed by atoms with E-state index in [1.807, 2.05) is 48.5 Å². The molecule has 0 bridgehead atoms. The van der Waals surface area contributed by atoms with Crippen molar-refractivity contribution < 1.29 is 0 Å². The van der Waals surface area contributed by atoms with Gasteiger partial charge in [0, 0.05) is 22.5 Å². The first-order valence-electron chi connectivity index (χ1n) is 6.14. The molecule has 0 aliphatic rings. The molecule has 0 saturated heterocycles. The lowest BCUT2D eigenvalue weighted by atomic mass is 10.0. The van der Waals surface area contributed by atoms with Crippen molar-refractivity contribution in [2.24, 2.45) is 0 Å². The van der Waals surface area contributed by atoms with Gasteiger partial charge < -0.3 is 11.5 Å². The van der Waals surface area contributed by atoms with Crippen molar-refractivity contribution in [3.8, 4) is 22.4 Å². The summed E-state index contributed by atoms with van der Waals surface area (Å²) in [5.41, 5.74) is 16.5. The van der Waals surface area contributed by atoms with Gasteiger partial charge in [-0.1, -0.05) is 24.3 Å². The second-order valence-corrected chi connectivity index (χ2v) is 4.44. The molecule has 4 N–H and O–H groups in total. The van der Waals surface area contributed by atoms with Crippen LogP contribution in [0.1, 0.15) is 0 Å². The van der Waals surface area contributed by atoms with E-state index in [9.17, 15) is 0 Å². The van der Waals surface area contributed by atoms with Gasteiger partial charge in [0.05, 0.1) is 6.20 Å². The third-order valence-electron chi connectivity index (χ3n) is 3.04. The first-order chi connectivity index (χ1) is 9.74. The normalized spacial score (nSPS) is 10.4. The summed E-state index contributed by atoms with van der Waals surface area (Å²) >= 11 is 0. The van der Waals surface area contributed by atoms with Crippen LogP contribution >= 0.6 is 0 Å². The Hall–Kier alpha value is -2.95. The molecule has 3 aromatic rings. The average molecular weight is 263 g/mol. The molecule has 0 atom stereocenters. The number of nitrogen functional groups attached to an aromatic ring is 2. The zero-order valence-electron chi connectivity index (χ0n) is 10.7. The highest BCUT2D eigenvalue weighted by atomic mass is 15.3. The molecular weight excluding hydrogens is 250 g/mol. The highest BCUT2D eigenvalue weighted by molar-refractivity contribution is 5.80. The lowest BCUT2D eigenvalue weighted by Gasteiger charge is -2.07. The molecule has 98 valence electrons. The molecule has 0 unspecified atom stereocenters. The van der Waals surface area contributed by atoms with Gasteiger partial charge in [-0.15, -0.1) is 10.2 Å². The van der Waals surface area contributed by atoms with Gasteiger partial charge in [-0.3, -0.25) is 0 Å². The molecule has 20 heavy (non-hydrogen) atoms. The molecule has 0 fully saturated rings. The molecule has 1 heterocycles. The number of hydrogen-bond acceptors (Lipinski definition) is 5. The van der Waals surface area contributed by atoms with Crippen molar-refractivity contribution in [1.82, 2.24) is 15.4 Å². The minimum Gasteiger partial charge on any atom is -0.399 e. The van der Waals surface area contributed by atoms with Crippen LogP contribution in [-0.2, 0) is 0 Å². The first kappa shape index (κ1) is 12.1.